The van der Waals surface area contributed by atoms with Crippen LogP contribution in [-0.2, 0) is 6.54 Å². The van der Waals surface area contributed by atoms with E-state index >= 15 is 0 Å². The average Bonchev–Trinajstić information content (AvgIpc) is 3.28. The number of nitrogens with one attached hydrogen (secondary N) is 1. The SMILES string of the molecule is COc1cc(C(=O)NC(C)c2nc3ccccc3n2CCCOc2cc(C)cc(C)c2)cc(OC)c1OC. The van der Waals surface area contributed by atoms with Gasteiger partial charge in [0.1, 0.15) is 11.6 Å². The van der Waals surface area contributed by atoms with E-state index in [2.05, 4.69) is 29.8 Å². The number of rotatable bonds is 11. The molecule has 0 fully saturated rings. The molecular weight excluding hydrogens is 482 g/mol. The quantitative estimate of drug-likeness (QED) is 0.259. The first-order valence-electron chi connectivity index (χ1n) is 12.6. The zero-order valence-corrected chi connectivity index (χ0v) is 22.8. The van der Waals surface area contributed by atoms with Crippen LogP contribution in [0.1, 0.15) is 46.7 Å². The van der Waals surface area contributed by atoms with Gasteiger partial charge in [-0.15, -0.1) is 0 Å². The number of para-hydroxylation sites is 2. The summed E-state index contributed by atoms with van der Waals surface area (Å²) in [5.74, 6) is 2.65. The molecule has 0 radical (unpaired) electrons. The summed E-state index contributed by atoms with van der Waals surface area (Å²) in [6.07, 6.45) is 0.786. The summed E-state index contributed by atoms with van der Waals surface area (Å²) >= 11 is 0. The molecule has 0 bridgehead atoms. The van der Waals surface area contributed by atoms with Crippen LogP contribution in [-0.4, -0.2) is 43.4 Å². The lowest BCUT2D eigenvalue weighted by molar-refractivity contribution is 0.0936. The fourth-order valence-electron chi connectivity index (χ4n) is 4.65. The van der Waals surface area contributed by atoms with Crippen molar-refractivity contribution in [2.45, 2.75) is 39.8 Å². The van der Waals surface area contributed by atoms with Crippen molar-refractivity contribution in [3.63, 3.8) is 0 Å². The number of amides is 1. The van der Waals surface area contributed by atoms with Gasteiger partial charge in [0.15, 0.2) is 11.5 Å². The zero-order chi connectivity index (χ0) is 27.2. The molecule has 0 saturated carbocycles. The Bertz CT molecular complexity index is 1380. The highest BCUT2D eigenvalue weighted by Crippen LogP contribution is 2.38. The van der Waals surface area contributed by atoms with Gasteiger partial charge in [-0.25, -0.2) is 4.98 Å². The Kier molecular flexibility index (Phi) is 8.41. The number of aryl methyl sites for hydroxylation is 3. The topological polar surface area (TPSA) is 83.8 Å². The molecule has 8 heteroatoms. The summed E-state index contributed by atoms with van der Waals surface area (Å²) in [6, 6.07) is 17.1. The number of ether oxygens (including phenoxy) is 4. The van der Waals surface area contributed by atoms with E-state index in [1.807, 2.05) is 43.3 Å². The van der Waals surface area contributed by atoms with Gasteiger partial charge in [0.2, 0.25) is 5.75 Å². The monoisotopic (exact) mass is 517 g/mol. The molecule has 8 nitrogen and oxygen atoms in total. The molecule has 1 aromatic heterocycles. The second-order valence-corrected chi connectivity index (χ2v) is 9.24. The normalized spacial score (nSPS) is 11.7. The van der Waals surface area contributed by atoms with Gasteiger partial charge in [-0.05, 0) is 74.7 Å². The van der Waals surface area contributed by atoms with Crippen LogP contribution in [0.4, 0.5) is 0 Å². The van der Waals surface area contributed by atoms with Crippen LogP contribution in [0.3, 0.4) is 0 Å². The first-order valence-corrected chi connectivity index (χ1v) is 12.6. The molecule has 0 saturated heterocycles. The molecule has 0 aliphatic heterocycles. The molecule has 0 aliphatic carbocycles. The maximum Gasteiger partial charge on any atom is 0.252 e. The molecule has 0 spiro atoms. The van der Waals surface area contributed by atoms with E-state index in [9.17, 15) is 4.79 Å². The lowest BCUT2D eigenvalue weighted by Crippen LogP contribution is -2.29. The van der Waals surface area contributed by atoms with Gasteiger partial charge in [0.05, 0.1) is 45.0 Å². The van der Waals surface area contributed by atoms with Gasteiger partial charge in [-0.1, -0.05) is 18.2 Å². The summed E-state index contributed by atoms with van der Waals surface area (Å²) in [7, 11) is 4.57. The van der Waals surface area contributed by atoms with Gasteiger partial charge < -0.3 is 28.8 Å². The smallest absolute Gasteiger partial charge is 0.252 e. The number of fused-ring (bicyclic) bond motifs is 1. The predicted molar refractivity (Wildman–Crippen MR) is 148 cm³/mol. The minimum absolute atomic E-state index is 0.270. The van der Waals surface area contributed by atoms with Gasteiger partial charge in [-0.3, -0.25) is 4.79 Å². The number of carbonyl (C=O) groups is 1. The molecule has 1 amide bonds. The fourth-order valence-corrected chi connectivity index (χ4v) is 4.65. The number of imidazole rings is 1. The van der Waals surface area contributed by atoms with Crippen molar-refractivity contribution in [1.29, 1.82) is 0 Å². The van der Waals surface area contributed by atoms with Crippen LogP contribution in [0.5, 0.6) is 23.0 Å². The van der Waals surface area contributed by atoms with Crippen molar-refractivity contribution in [3.8, 4) is 23.0 Å². The number of aromatic nitrogens is 2. The Labute approximate surface area is 223 Å². The first-order chi connectivity index (χ1) is 18.3. The molecule has 4 aromatic rings. The average molecular weight is 518 g/mol. The van der Waals surface area contributed by atoms with E-state index in [1.165, 1.54) is 32.5 Å². The third-order valence-corrected chi connectivity index (χ3v) is 6.34. The third-order valence-electron chi connectivity index (χ3n) is 6.34. The Hall–Kier alpha value is -4.20. The van der Waals surface area contributed by atoms with Crippen molar-refractivity contribution in [1.82, 2.24) is 14.9 Å². The van der Waals surface area contributed by atoms with Gasteiger partial charge in [0.25, 0.3) is 5.91 Å². The van der Waals surface area contributed by atoms with E-state index < -0.39 is 0 Å². The summed E-state index contributed by atoms with van der Waals surface area (Å²) < 4.78 is 24.4. The highest BCUT2D eigenvalue weighted by Gasteiger charge is 2.22. The van der Waals surface area contributed by atoms with Crippen molar-refractivity contribution < 1.29 is 23.7 Å². The molecule has 1 N–H and O–H groups in total. The Morgan fingerprint density at radius 2 is 1.61 bits per heavy atom. The number of hydrogen-bond donors (Lipinski definition) is 1. The van der Waals surface area contributed by atoms with Crippen LogP contribution in [0.25, 0.3) is 11.0 Å². The van der Waals surface area contributed by atoms with Gasteiger partial charge in [-0.2, -0.15) is 0 Å². The van der Waals surface area contributed by atoms with Crippen LogP contribution < -0.4 is 24.3 Å². The standard InChI is InChI=1S/C30H35N3O5/c1-19-14-20(2)16-23(15-19)38-13-9-12-33-25-11-8-7-10-24(25)32-29(33)21(3)31-30(34)22-17-26(35-4)28(37-6)27(18-22)36-5/h7-8,10-11,14-18,21H,9,12-13H2,1-6H3,(H,31,34). The predicted octanol–water partition coefficient (Wildman–Crippen LogP) is 5.64. The Morgan fingerprint density at radius 1 is 0.947 bits per heavy atom. The van der Waals surface area contributed by atoms with Crippen LogP contribution in [0, 0.1) is 13.8 Å². The maximum absolute atomic E-state index is 13.2. The molecule has 200 valence electrons. The largest absolute Gasteiger partial charge is 0.494 e. The zero-order valence-electron chi connectivity index (χ0n) is 22.8. The minimum atomic E-state index is -0.352. The van der Waals surface area contributed by atoms with E-state index in [-0.39, 0.29) is 11.9 Å². The Balaban J connectivity index is 1.52. The summed E-state index contributed by atoms with van der Waals surface area (Å²) in [4.78, 5) is 18.1. The van der Waals surface area contributed by atoms with Crippen molar-refractivity contribution in [3.05, 3.63) is 77.1 Å². The fraction of sp³-hybridized carbons (Fsp3) is 0.333. The van der Waals surface area contributed by atoms with E-state index in [0.29, 0.717) is 36.0 Å². The second kappa shape index (κ2) is 11.9. The van der Waals surface area contributed by atoms with Crippen molar-refractivity contribution >= 4 is 16.9 Å². The molecular formula is C30H35N3O5. The number of carbonyl (C=O) groups excluding carboxylic acids is 1. The summed E-state index contributed by atoms with van der Waals surface area (Å²) in [5, 5.41) is 3.08. The molecule has 38 heavy (non-hydrogen) atoms. The lowest BCUT2D eigenvalue weighted by atomic mass is 10.1. The highest BCUT2D eigenvalue weighted by atomic mass is 16.5. The van der Waals surface area contributed by atoms with Crippen LogP contribution >= 0.6 is 0 Å². The van der Waals surface area contributed by atoms with Crippen molar-refractivity contribution in [2.75, 3.05) is 27.9 Å². The summed E-state index contributed by atoms with van der Waals surface area (Å²) in [5.41, 5.74) is 4.66. The van der Waals surface area contributed by atoms with E-state index in [0.717, 1.165) is 29.0 Å². The molecule has 0 aliphatic rings. The van der Waals surface area contributed by atoms with E-state index in [1.54, 1.807) is 12.1 Å². The Morgan fingerprint density at radius 3 is 2.24 bits per heavy atom. The second-order valence-electron chi connectivity index (χ2n) is 9.24. The molecule has 1 atom stereocenters. The van der Waals surface area contributed by atoms with Gasteiger partial charge >= 0.3 is 0 Å². The molecule has 4 rings (SSSR count). The lowest BCUT2D eigenvalue weighted by Gasteiger charge is -2.18. The number of hydrogen-bond acceptors (Lipinski definition) is 6. The molecule has 3 aromatic carbocycles. The van der Waals surface area contributed by atoms with Crippen molar-refractivity contribution in [2.24, 2.45) is 0 Å². The van der Waals surface area contributed by atoms with E-state index in [4.69, 9.17) is 23.9 Å². The van der Waals surface area contributed by atoms with Crippen LogP contribution in [0.2, 0.25) is 0 Å². The first kappa shape index (κ1) is 26.9. The number of nitrogens with zero attached hydrogens (tertiary/aromatic N) is 2. The van der Waals surface area contributed by atoms with Crippen LogP contribution in [0.15, 0.2) is 54.6 Å². The highest BCUT2D eigenvalue weighted by molar-refractivity contribution is 5.96. The molecule has 1 unspecified atom stereocenters. The third kappa shape index (κ3) is 5.85. The minimum Gasteiger partial charge on any atom is -0.494 e. The van der Waals surface area contributed by atoms with Gasteiger partial charge in [0, 0.05) is 12.1 Å². The molecule has 1 heterocycles. The summed E-state index contributed by atoms with van der Waals surface area (Å²) in [6.45, 7) is 7.33. The maximum atomic E-state index is 13.2. The number of benzene rings is 3. The number of methoxy groups -OCH3 is 3.